The molecule has 0 unspecified atom stereocenters. The summed E-state index contributed by atoms with van der Waals surface area (Å²) >= 11 is 1.25. The number of aryl methyl sites for hydroxylation is 1. The van der Waals surface area contributed by atoms with Gasteiger partial charge in [0.05, 0.1) is 5.69 Å². The molecule has 16 heavy (non-hydrogen) atoms. The zero-order valence-corrected chi connectivity index (χ0v) is 9.45. The highest BCUT2D eigenvalue weighted by Gasteiger charge is 2.14. The summed E-state index contributed by atoms with van der Waals surface area (Å²) in [6.45, 7) is 1.74. The minimum atomic E-state index is -0.503. The predicted molar refractivity (Wildman–Crippen MR) is 62.7 cm³/mol. The van der Waals surface area contributed by atoms with Crippen LogP contribution in [0.1, 0.15) is 15.4 Å². The Balaban J connectivity index is 2.46. The normalized spacial score (nSPS) is 10.1. The van der Waals surface area contributed by atoms with Crippen molar-refractivity contribution in [2.24, 2.45) is 0 Å². The molecule has 0 atom stereocenters. The second-order valence-corrected chi connectivity index (χ2v) is 4.28. The molecule has 0 aliphatic rings. The fraction of sp³-hybridized carbons (Fsp3) is 0.0833. The van der Waals surface area contributed by atoms with Crippen molar-refractivity contribution < 1.29 is 9.59 Å². The van der Waals surface area contributed by atoms with E-state index in [0.717, 1.165) is 10.6 Å². The van der Waals surface area contributed by atoms with Crippen molar-refractivity contribution in [3.63, 3.8) is 0 Å². The lowest BCUT2D eigenvalue weighted by Gasteiger charge is -1.92. The highest BCUT2D eigenvalue weighted by atomic mass is 32.1. The van der Waals surface area contributed by atoms with Gasteiger partial charge in [-0.2, -0.15) is 0 Å². The zero-order valence-electron chi connectivity index (χ0n) is 8.64. The molecule has 0 spiro atoms. The van der Waals surface area contributed by atoms with Gasteiger partial charge in [0.1, 0.15) is 9.88 Å². The molecular weight excluding hydrogens is 222 g/mol. The third-order valence-electron chi connectivity index (χ3n) is 2.15. The molecule has 0 saturated carbocycles. The van der Waals surface area contributed by atoms with Crippen LogP contribution in [0.15, 0.2) is 30.3 Å². The lowest BCUT2D eigenvalue weighted by atomic mass is 10.2. The van der Waals surface area contributed by atoms with Gasteiger partial charge in [0, 0.05) is 5.56 Å². The van der Waals surface area contributed by atoms with E-state index < -0.39 is 5.78 Å². The maximum atomic E-state index is 11.3. The number of ketones is 1. The van der Waals surface area contributed by atoms with Crippen LogP contribution in [0.3, 0.4) is 0 Å². The van der Waals surface area contributed by atoms with E-state index in [9.17, 15) is 9.59 Å². The first-order valence-electron chi connectivity index (χ1n) is 4.74. The number of thiazole rings is 1. The maximum absolute atomic E-state index is 11.3. The van der Waals surface area contributed by atoms with Crippen LogP contribution in [0.2, 0.25) is 0 Å². The van der Waals surface area contributed by atoms with E-state index in [1.807, 2.05) is 30.3 Å². The van der Waals surface area contributed by atoms with Gasteiger partial charge in [-0.3, -0.25) is 9.59 Å². The molecule has 1 heterocycles. The van der Waals surface area contributed by atoms with Crippen molar-refractivity contribution in [1.29, 1.82) is 0 Å². The lowest BCUT2D eigenvalue weighted by molar-refractivity contribution is -0.104. The van der Waals surface area contributed by atoms with Gasteiger partial charge in [0.15, 0.2) is 6.29 Å². The molecule has 1 aromatic carbocycles. The summed E-state index contributed by atoms with van der Waals surface area (Å²) in [6.07, 6.45) is 0.329. The van der Waals surface area contributed by atoms with E-state index in [2.05, 4.69) is 4.98 Å². The van der Waals surface area contributed by atoms with Crippen molar-refractivity contribution >= 4 is 23.4 Å². The maximum Gasteiger partial charge on any atom is 0.237 e. The lowest BCUT2D eigenvalue weighted by Crippen LogP contribution is -1.98. The number of rotatable bonds is 3. The molecule has 0 N–H and O–H groups in total. The summed E-state index contributed by atoms with van der Waals surface area (Å²) in [5, 5.41) is 0.767. The van der Waals surface area contributed by atoms with Gasteiger partial charge in [0.2, 0.25) is 5.78 Å². The molecule has 0 radical (unpaired) electrons. The van der Waals surface area contributed by atoms with Crippen LogP contribution in [-0.2, 0) is 4.79 Å². The van der Waals surface area contributed by atoms with Gasteiger partial charge in [-0.05, 0) is 6.92 Å². The first-order chi connectivity index (χ1) is 7.72. The van der Waals surface area contributed by atoms with E-state index in [0.29, 0.717) is 16.9 Å². The fourth-order valence-corrected chi connectivity index (χ4v) is 2.35. The van der Waals surface area contributed by atoms with Crippen LogP contribution in [-0.4, -0.2) is 17.1 Å². The standard InChI is InChI=1S/C12H9NO2S/c1-8-11(10(15)7-14)16-12(13-8)9-5-3-2-4-6-9/h2-7H,1H3. The van der Waals surface area contributed by atoms with Gasteiger partial charge in [0.25, 0.3) is 0 Å². The number of carbonyl (C=O) groups is 2. The van der Waals surface area contributed by atoms with Gasteiger partial charge in [-0.25, -0.2) is 4.98 Å². The molecule has 0 aliphatic heterocycles. The number of aldehydes is 1. The topological polar surface area (TPSA) is 47.0 Å². The SMILES string of the molecule is Cc1nc(-c2ccccc2)sc1C(=O)C=O. The Bertz CT molecular complexity index is 531. The Morgan fingerprint density at radius 2 is 2.00 bits per heavy atom. The number of Topliss-reactive ketones (excluding diaryl/α,β-unsaturated/α-hetero) is 1. The van der Waals surface area contributed by atoms with Crippen LogP contribution >= 0.6 is 11.3 Å². The van der Waals surface area contributed by atoms with Crippen LogP contribution in [0, 0.1) is 6.92 Å². The molecular formula is C12H9NO2S. The Morgan fingerprint density at radius 1 is 1.31 bits per heavy atom. The van der Waals surface area contributed by atoms with E-state index in [-0.39, 0.29) is 0 Å². The summed E-state index contributed by atoms with van der Waals surface area (Å²) < 4.78 is 0. The molecule has 0 fully saturated rings. The van der Waals surface area contributed by atoms with E-state index >= 15 is 0 Å². The molecule has 0 bridgehead atoms. The number of nitrogens with zero attached hydrogens (tertiary/aromatic N) is 1. The van der Waals surface area contributed by atoms with Crippen molar-refractivity contribution in [2.45, 2.75) is 6.92 Å². The van der Waals surface area contributed by atoms with E-state index in [1.165, 1.54) is 11.3 Å². The average Bonchev–Trinajstić information content (AvgIpc) is 2.71. The highest BCUT2D eigenvalue weighted by Crippen LogP contribution is 2.27. The summed E-state index contributed by atoms with van der Waals surface area (Å²) in [6, 6.07) is 9.59. The van der Waals surface area contributed by atoms with Crippen molar-refractivity contribution in [3.8, 4) is 10.6 Å². The minimum Gasteiger partial charge on any atom is -0.294 e. The summed E-state index contributed by atoms with van der Waals surface area (Å²) in [5.74, 6) is -0.503. The molecule has 3 nitrogen and oxygen atoms in total. The first-order valence-corrected chi connectivity index (χ1v) is 5.56. The van der Waals surface area contributed by atoms with Crippen molar-refractivity contribution in [1.82, 2.24) is 4.98 Å². The zero-order chi connectivity index (χ0) is 11.5. The summed E-state index contributed by atoms with van der Waals surface area (Å²) in [7, 11) is 0. The predicted octanol–water partition coefficient (Wildman–Crippen LogP) is 2.50. The summed E-state index contributed by atoms with van der Waals surface area (Å²) in [4.78, 5) is 26.4. The second-order valence-electron chi connectivity index (χ2n) is 3.28. The number of hydrogen-bond donors (Lipinski definition) is 0. The van der Waals surface area contributed by atoms with E-state index in [4.69, 9.17) is 0 Å². The minimum absolute atomic E-state index is 0.329. The quantitative estimate of drug-likeness (QED) is 0.463. The van der Waals surface area contributed by atoms with Gasteiger partial charge >= 0.3 is 0 Å². The number of carbonyl (C=O) groups excluding carboxylic acids is 2. The van der Waals surface area contributed by atoms with Crippen LogP contribution < -0.4 is 0 Å². The third kappa shape index (κ3) is 1.92. The Morgan fingerprint density at radius 3 is 2.62 bits per heavy atom. The molecule has 2 aromatic rings. The molecule has 80 valence electrons. The molecule has 2 rings (SSSR count). The Kier molecular flexibility index (Phi) is 2.92. The largest absolute Gasteiger partial charge is 0.294 e. The van der Waals surface area contributed by atoms with Gasteiger partial charge in [-0.1, -0.05) is 30.3 Å². The molecule has 4 heteroatoms. The van der Waals surface area contributed by atoms with Crippen LogP contribution in [0.4, 0.5) is 0 Å². The average molecular weight is 231 g/mol. The van der Waals surface area contributed by atoms with Crippen LogP contribution in [0.25, 0.3) is 10.6 Å². The van der Waals surface area contributed by atoms with Crippen molar-refractivity contribution in [2.75, 3.05) is 0 Å². The Hall–Kier alpha value is -1.81. The molecule has 1 aromatic heterocycles. The monoisotopic (exact) mass is 231 g/mol. The fourth-order valence-electron chi connectivity index (χ4n) is 1.38. The Labute approximate surface area is 96.8 Å². The van der Waals surface area contributed by atoms with Gasteiger partial charge < -0.3 is 0 Å². The highest BCUT2D eigenvalue weighted by molar-refractivity contribution is 7.17. The third-order valence-corrected chi connectivity index (χ3v) is 3.37. The smallest absolute Gasteiger partial charge is 0.237 e. The first kappa shape index (κ1) is 10.7. The van der Waals surface area contributed by atoms with Crippen LogP contribution in [0.5, 0.6) is 0 Å². The van der Waals surface area contributed by atoms with Crippen molar-refractivity contribution in [3.05, 3.63) is 40.9 Å². The second kappa shape index (κ2) is 4.37. The van der Waals surface area contributed by atoms with Gasteiger partial charge in [-0.15, -0.1) is 11.3 Å². The molecule has 0 aliphatic carbocycles. The number of hydrogen-bond acceptors (Lipinski definition) is 4. The molecule has 0 saturated heterocycles. The van der Waals surface area contributed by atoms with E-state index in [1.54, 1.807) is 6.92 Å². The summed E-state index contributed by atoms with van der Waals surface area (Å²) in [5.41, 5.74) is 1.57. The number of aromatic nitrogens is 1. The number of benzene rings is 1. The molecule has 0 amide bonds.